The lowest BCUT2D eigenvalue weighted by Crippen LogP contribution is -2.26. The summed E-state index contributed by atoms with van der Waals surface area (Å²) in [6, 6.07) is 18.0. The second kappa shape index (κ2) is 6.35. The van der Waals surface area contributed by atoms with Crippen LogP contribution in [0, 0.1) is 0 Å². The first-order valence-electron chi connectivity index (χ1n) is 7.27. The Labute approximate surface area is 128 Å². The minimum absolute atomic E-state index is 0.279. The van der Waals surface area contributed by atoms with E-state index in [1.165, 1.54) is 0 Å². The van der Waals surface area contributed by atoms with Gasteiger partial charge in [-0.25, -0.2) is 4.79 Å². The Hall–Kier alpha value is -2.75. The summed E-state index contributed by atoms with van der Waals surface area (Å²) in [5.74, 6) is 0. The van der Waals surface area contributed by atoms with Gasteiger partial charge in [-0.2, -0.15) is 0 Å². The molecule has 0 saturated carbocycles. The summed E-state index contributed by atoms with van der Waals surface area (Å²) in [5.41, 5.74) is 8.54. The third kappa shape index (κ3) is 3.28. The van der Waals surface area contributed by atoms with E-state index in [9.17, 15) is 4.79 Å². The van der Waals surface area contributed by atoms with Crippen LogP contribution >= 0.6 is 0 Å². The monoisotopic (exact) mass is 294 g/mol. The Morgan fingerprint density at radius 2 is 1.77 bits per heavy atom. The summed E-state index contributed by atoms with van der Waals surface area (Å²) >= 11 is 0. The lowest BCUT2D eigenvalue weighted by atomic mass is 10.0. The number of carbonyl (C=O) groups excluding carboxylic acids is 1. The van der Waals surface area contributed by atoms with Crippen LogP contribution in [-0.2, 0) is 17.6 Å². The maximum atomic E-state index is 11.2. The summed E-state index contributed by atoms with van der Waals surface area (Å²) in [6.07, 6.45) is 2.22. The molecular formula is C18H18N2O2. The van der Waals surface area contributed by atoms with Gasteiger partial charge >= 0.3 is 6.09 Å². The fourth-order valence-electron chi connectivity index (χ4n) is 2.74. The maximum absolute atomic E-state index is 11.2. The van der Waals surface area contributed by atoms with Crippen molar-refractivity contribution in [2.24, 2.45) is 5.73 Å². The van der Waals surface area contributed by atoms with Crippen molar-refractivity contribution in [2.45, 2.75) is 18.9 Å². The quantitative estimate of drug-likeness (QED) is 0.757. The third-order valence-electron chi connectivity index (χ3n) is 3.71. The SMILES string of the molecule is NC(=O)O[C@H](Cc1ccccc1)Cc1c[nH]c2ccccc12. The summed E-state index contributed by atoms with van der Waals surface area (Å²) < 4.78 is 5.30. The Kier molecular flexibility index (Phi) is 4.10. The summed E-state index contributed by atoms with van der Waals surface area (Å²) in [6.45, 7) is 0. The van der Waals surface area contributed by atoms with Crippen LogP contribution in [-0.4, -0.2) is 17.2 Å². The number of hydrogen-bond acceptors (Lipinski definition) is 2. The molecule has 4 heteroatoms. The second-order valence-electron chi connectivity index (χ2n) is 5.31. The molecular weight excluding hydrogens is 276 g/mol. The Balaban J connectivity index is 1.82. The van der Waals surface area contributed by atoms with Gasteiger partial charge in [0.15, 0.2) is 0 Å². The van der Waals surface area contributed by atoms with Crippen molar-refractivity contribution >= 4 is 17.0 Å². The number of benzene rings is 2. The topological polar surface area (TPSA) is 68.1 Å². The molecule has 1 amide bonds. The average Bonchev–Trinajstić information content (AvgIpc) is 2.91. The summed E-state index contributed by atoms with van der Waals surface area (Å²) in [7, 11) is 0. The van der Waals surface area contributed by atoms with Gasteiger partial charge < -0.3 is 15.5 Å². The van der Waals surface area contributed by atoms with Crippen molar-refractivity contribution in [2.75, 3.05) is 0 Å². The molecule has 0 fully saturated rings. The standard InChI is InChI=1S/C18H18N2O2/c19-18(21)22-15(10-13-6-2-1-3-7-13)11-14-12-20-17-9-5-4-8-16(14)17/h1-9,12,15,20H,10-11H2,(H2,19,21)/t15-/m1/s1. The van der Waals surface area contributed by atoms with Gasteiger partial charge in [-0.15, -0.1) is 0 Å². The van der Waals surface area contributed by atoms with Gasteiger partial charge in [0.25, 0.3) is 0 Å². The smallest absolute Gasteiger partial charge is 0.404 e. The number of hydrogen-bond donors (Lipinski definition) is 2. The van der Waals surface area contributed by atoms with Crippen molar-refractivity contribution < 1.29 is 9.53 Å². The summed E-state index contributed by atoms with van der Waals surface area (Å²) in [4.78, 5) is 14.4. The van der Waals surface area contributed by atoms with E-state index in [0.29, 0.717) is 12.8 Å². The number of fused-ring (bicyclic) bond motifs is 1. The highest BCUT2D eigenvalue weighted by molar-refractivity contribution is 5.83. The van der Waals surface area contributed by atoms with Crippen molar-refractivity contribution in [1.29, 1.82) is 0 Å². The van der Waals surface area contributed by atoms with Crippen LogP contribution in [0.2, 0.25) is 0 Å². The number of aromatic amines is 1. The lowest BCUT2D eigenvalue weighted by molar-refractivity contribution is 0.106. The number of rotatable bonds is 5. The first-order valence-corrected chi connectivity index (χ1v) is 7.27. The predicted octanol–water partition coefficient (Wildman–Crippen LogP) is 3.42. The van der Waals surface area contributed by atoms with Gasteiger partial charge in [0.05, 0.1) is 0 Å². The predicted molar refractivity (Wildman–Crippen MR) is 86.6 cm³/mol. The molecule has 1 atom stereocenters. The van der Waals surface area contributed by atoms with E-state index >= 15 is 0 Å². The highest BCUT2D eigenvalue weighted by Gasteiger charge is 2.16. The molecule has 1 aromatic heterocycles. The van der Waals surface area contributed by atoms with Crippen LogP contribution in [0.5, 0.6) is 0 Å². The molecule has 0 saturated heterocycles. The molecule has 0 bridgehead atoms. The number of carbonyl (C=O) groups is 1. The number of H-pyrrole nitrogens is 1. The minimum atomic E-state index is -0.735. The van der Waals surface area contributed by atoms with Crippen LogP contribution in [0.3, 0.4) is 0 Å². The highest BCUT2D eigenvalue weighted by atomic mass is 16.6. The van der Waals surface area contributed by atoms with E-state index in [4.69, 9.17) is 10.5 Å². The number of para-hydroxylation sites is 1. The number of nitrogens with one attached hydrogen (secondary N) is 1. The molecule has 0 aliphatic heterocycles. The molecule has 0 aliphatic carbocycles. The number of ether oxygens (including phenoxy) is 1. The van der Waals surface area contributed by atoms with Crippen LogP contribution in [0.25, 0.3) is 10.9 Å². The molecule has 2 aromatic carbocycles. The minimum Gasteiger partial charge on any atom is -0.446 e. The number of amides is 1. The first kappa shape index (κ1) is 14.2. The first-order chi connectivity index (χ1) is 10.7. The molecule has 3 aromatic rings. The maximum Gasteiger partial charge on any atom is 0.404 e. The molecule has 0 unspecified atom stereocenters. The lowest BCUT2D eigenvalue weighted by Gasteiger charge is -2.16. The van der Waals surface area contributed by atoms with Gasteiger partial charge in [-0.05, 0) is 17.2 Å². The Morgan fingerprint density at radius 1 is 1.05 bits per heavy atom. The van der Waals surface area contributed by atoms with E-state index < -0.39 is 6.09 Å². The zero-order valence-electron chi connectivity index (χ0n) is 12.2. The molecule has 0 aliphatic rings. The summed E-state index contributed by atoms with van der Waals surface area (Å²) in [5, 5.41) is 1.15. The normalized spacial score (nSPS) is 12.2. The molecule has 4 nitrogen and oxygen atoms in total. The van der Waals surface area contributed by atoms with E-state index in [2.05, 4.69) is 11.1 Å². The van der Waals surface area contributed by atoms with E-state index in [1.54, 1.807) is 0 Å². The average molecular weight is 294 g/mol. The van der Waals surface area contributed by atoms with E-state index in [1.807, 2.05) is 54.7 Å². The van der Waals surface area contributed by atoms with Gasteiger partial charge in [-0.1, -0.05) is 48.5 Å². The molecule has 0 radical (unpaired) electrons. The Morgan fingerprint density at radius 3 is 2.55 bits per heavy atom. The third-order valence-corrected chi connectivity index (χ3v) is 3.71. The number of nitrogens with two attached hydrogens (primary N) is 1. The van der Waals surface area contributed by atoms with Crippen LogP contribution in [0.1, 0.15) is 11.1 Å². The van der Waals surface area contributed by atoms with Crippen molar-refractivity contribution in [3.05, 3.63) is 71.9 Å². The molecule has 22 heavy (non-hydrogen) atoms. The van der Waals surface area contributed by atoms with Crippen LogP contribution in [0.4, 0.5) is 4.79 Å². The van der Waals surface area contributed by atoms with Gasteiger partial charge in [0.2, 0.25) is 0 Å². The molecule has 3 N–H and O–H groups in total. The number of primary amides is 1. The van der Waals surface area contributed by atoms with Crippen molar-refractivity contribution in [1.82, 2.24) is 4.98 Å². The van der Waals surface area contributed by atoms with Gasteiger partial charge in [0.1, 0.15) is 6.10 Å². The molecule has 0 spiro atoms. The highest BCUT2D eigenvalue weighted by Crippen LogP contribution is 2.21. The fraction of sp³-hybridized carbons (Fsp3) is 0.167. The van der Waals surface area contributed by atoms with Crippen LogP contribution in [0.15, 0.2) is 60.8 Å². The van der Waals surface area contributed by atoms with Crippen LogP contribution < -0.4 is 5.73 Å². The fourth-order valence-corrected chi connectivity index (χ4v) is 2.74. The zero-order chi connectivity index (χ0) is 15.4. The van der Waals surface area contributed by atoms with E-state index in [-0.39, 0.29) is 6.10 Å². The van der Waals surface area contributed by atoms with Crippen molar-refractivity contribution in [3.8, 4) is 0 Å². The second-order valence-corrected chi connectivity index (χ2v) is 5.31. The Bertz CT molecular complexity index is 765. The van der Waals surface area contributed by atoms with Gasteiger partial charge in [-0.3, -0.25) is 0 Å². The molecule has 1 heterocycles. The molecule has 112 valence electrons. The largest absolute Gasteiger partial charge is 0.446 e. The van der Waals surface area contributed by atoms with Gasteiger partial charge in [0, 0.05) is 29.9 Å². The molecule has 3 rings (SSSR count). The number of aromatic nitrogens is 1. The zero-order valence-corrected chi connectivity index (χ0v) is 12.2. The van der Waals surface area contributed by atoms with E-state index in [0.717, 1.165) is 22.0 Å². The van der Waals surface area contributed by atoms with Crippen molar-refractivity contribution in [3.63, 3.8) is 0 Å².